The van der Waals surface area contributed by atoms with E-state index < -0.39 is 0 Å². The van der Waals surface area contributed by atoms with Gasteiger partial charge in [-0.25, -0.2) is 0 Å². The standard InChI is InChI=1S/C21H26O4/c1-12-3-4-15-17(9-12)21(25-8-6-23)18-14-10-13(2)16(11-14)19(18)20(15)24-7-5-22/h3-4,9,13-14,16,22-23H,5-8,10-11H2,1-2H3. The molecule has 4 nitrogen and oxygen atoms in total. The summed E-state index contributed by atoms with van der Waals surface area (Å²) in [7, 11) is 0. The summed E-state index contributed by atoms with van der Waals surface area (Å²) in [6, 6.07) is 6.33. The highest BCUT2D eigenvalue weighted by Crippen LogP contribution is 2.63. The first-order valence-electron chi connectivity index (χ1n) is 9.23. The van der Waals surface area contributed by atoms with E-state index in [1.165, 1.54) is 23.1 Å². The second-order valence-corrected chi connectivity index (χ2v) is 7.43. The molecule has 0 radical (unpaired) electrons. The Kier molecular flexibility index (Phi) is 4.34. The van der Waals surface area contributed by atoms with Gasteiger partial charge in [0.05, 0.1) is 13.2 Å². The van der Waals surface area contributed by atoms with E-state index in [-0.39, 0.29) is 13.2 Å². The zero-order valence-corrected chi connectivity index (χ0v) is 14.9. The van der Waals surface area contributed by atoms with Crippen molar-refractivity contribution >= 4 is 10.8 Å². The third kappa shape index (κ3) is 2.59. The van der Waals surface area contributed by atoms with Crippen LogP contribution in [0, 0.1) is 12.8 Å². The molecule has 2 aliphatic carbocycles. The number of aryl methyl sites for hydroxylation is 1. The molecule has 1 saturated carbocycles. The molecule has 4 rings (SSSR count). The van der Waals surface area contributed by atoms with Crippen molar-refractivity contribution in [1.82, 2.24) is 0 Å². The minimum atomic E-state index is 0.00847. The molecule has 25 heavy (non-hydrogen) atoms. The highest BCUT2D eigenvalue weighted by atomic mass is 16.5. The first-order chi connectivity index (χ1) is 12.2. The monoisotopic (exact) mass is 342 g/mol. The summed E-state index contributed by atoms with van der Waals surface area (Å²) in [5, 5.41) is 20.6. The predicted octanol–water partition coefficient (Wildman–Crippen LogP) is 3.50. The topological polar surface area (TPSA) is 58.9 Å². The number of fused-ring (bicyclic) bond motifs is 6. The lowest BCUT2D eigenvalue weighted by Crippen LogP contribution is -2.14. The van der Waals surface area contributed by atoms with Crippen LogP contribution in [0.25, 0.3) is 10.8 Å². The maximum atomic E-state index is 9.27. The first kappa shape index (κ1) is 16.7. The molecule has 1 fully saturated rings. The Bertz CT molecular complexity index is 798. The number of hydrogen-bond acceptors (Lipinski definition) is 4. The molecule has 0 heterocycles. The Hall–Kier alpha value is -1.78. The second-order valence-electron chi connectivity index (χ2n) is 7.43. The van der Waals surface area contributed by atoms with Crippen LogP contribution in [0.3, 0.4) is 0 Å². The van der Waals surface area contributed by atoms with E-state index in [9.17, 15) is 10.2 Å². The third-order valence-corrected chi connectivity index (χ3v) is 5.78. The largest absolute Gasteiger partial charge is 0.490 e. The highest BCUT2D eigenvalue weighted by molar-refractivity contribution is 5.97. The van der Waals surface area contributed by atoms with Gasteiger partial charge in [0.1, 0.15) is 24.7 Å². The number of benzene rings is 2. The summed E-state index contributed by atoms with van der Waals surface area (Å²) < 4.78 is 12.1. The van der Waals surface area contributed by atoms with Crippen LogP contribution >= 0.6 is 0 Å². The molecule has 2 bridgehead atoms. The van der Waals surface area contributed by atoms with E-state index in [1.54, 1.807) is 0 Å². The smallest absolute Gasteiger partial charge is 0.131 e. The van der Waals surface area contributed by atoms with Crippen molar-refractivity contribution < 1.29 is 19.7 Å². The fourth-order valence-corrected chi connectivity index (χ4v) is 4.84. The van der Waals surface area contributed by atoms with Gasteiger partial charge in [-0.1, -0.05) is 24.6 Å². The van der Waals surface area contributed by atoms with E-state index in [4.69, 9.17) is 9.47 Å². The van der Waals surface area contributed by atoms with Crippen LogP contribution in [0.4, 0.5) is 0 Å². The first-order valence-corrected chi connectivity index (χ1v) is 9.23. The van der Waals surface area contributed by atoms with Gasteiger partial charge in [0.2, 0.25) is 0 Å². The predicted molar refractivity (Wildman–Crippen MR) is 97.7 cm³/mol. The zero-order valence-electron chi connectivity index (χ0n) is 14.9. The third-order valence-electron chi connectivity index (χ3n) is 5.78. The normalized spacial score (nSPS) is 23.9. The minimum absolute atomic E-state index is 0.00847. The molecule has 2 aromatic carbocycles. The summed E-state index contributed by atoms with van der Waals surface area (Å²) in [6.45, 7) is 5.02. The van der Waals surface area contributed by atoms with Crippen molar-refractivity contribution in [3.05, 3.63) is 34.9 Å². The minimum Gasteiger partial charge on any atom is -0.490 e. The van der Waals surface area contributed by atoms with Crippen LogP contribution in [0.2, 0.25) is 0 Å². The van der Waals surface area contributed by atoms with Gasteiger partial charge in [-0.15, -0.1) is 0 Å². The van der Waals surface area contributed by atoms with Gasteiger partial charge in [-0.05, 0) is 43.6 Å². The molecule has 3 unspecified atom stereocenters. The molecule has 3 atom stereocenters. The van der Waals surface area contributed by atoms with Gasteiger partial charge in [-0.2, -0.15) is 0 Å². The average Bonchev–Trinajstić information content (AvgIpc) is 3.15. The van der Waals surface area contributed by atoms with Crippen LogP contribution in [0.15, 0.2) is 18.2 Å². The number of hydrogen-bond donors (Lipinski definition) is 2. The lowest BCUT2D eigenvalue weighted by molar-refractivity contribution is 0.197. The fraction of sp³-hybridized carbons (Fsp3) is 0.524. The second kappa shape index (κ2) is 6.50. The number of rotatable bonds is 6. The summed E-state index contributed by atoms with van der Waals surface area (Å²) in [6.07, 6.45) is 2.33. The molecular weight excluding hydrogens is 316 g/mol. The SMILES string of the molecule is Cc1ccc2c(OCCO)c3c(c(OCCO)c2c1)C1CC(C)C3C1. The molecular formula is C21H26O4. The quantitative estimate of drug-likeness (QED) is 0.843. The number of ether oxygens (including phenoxy) is 2. The van der Waals surface area contributed by atoms with Gasteiger partial charge < -0.3 is 19.7 Å². The summed E-state index contributed by atoms with van der Waals surface area (Å²) in [4.78, 5) is 0. The van der Waals surface area contributed by atoms with Crippen molar-refractivity contribution in [2.24, 2.45) is 5.92 Å². The maximum absolute atomic E-state index is 9.27. The highest BCUT2D eigenvalue weighted by Gasteiger charge is 2.46. The fourth-order valence-electron chi connectivity index (χ4n) is 4.84. The van der Waals surface area contributed by atoms with Crippen LogP contribution in [-0.4, -0.2) is 36.6 Å². The summed E-state index contributed by atoms with van der Waals surface area (Å²) in [5.41, 5.74) is 3.73. The van der Waals surface area contributed by atoms with Crippen molar-refractivity contribution in [2.45, 2.75) is 38.5 Å². The van der Waals surface area contributed by atoms with E-state index in [1.807, 2.05) is 0 Å². The van der Waals surface area contributed by atoms with E-state index in [2.05, 4.69) is 32.0 Å². The lowest BCUT2D eigenvalue weighted by Gasteiger charge is -2.28. The Morgan fingerprint density at radius 1 is 0.960 bits per heavy atom. The Labute approximate surface area is 148 Å². The van der Waals surface area contributed by atoms with Crippen LogP contribution < -0.4 is 9.47 Å². The molecule has 134 valence electrons. The maximum Gasteiger partial charge on any atom is 0.131 e. The molecule has 0 aliphatic heterocycles. The Morgan fingerprint density at radius 2 is 1.64 bits per heavy atom. The number of aliphatic hydroxyl groups excluding tert-OH is 2. The van der Waals surface area contributed by atoms with Gasteiger partial charge in [-0.3, -0.25) is 0 Å². The van der Waals surface area contributed by atoms with Gasteiger partial charge in [0.25, 0.3) is 0 Å². The van der Waals surface area contributed by atoms with Crippen LogP contribution in [0.1, 0.15) is 48.3 Å². The van der Waals surface area contributed by atoms with Gasteiger partial charge >= 0.3 is 0 Å². The molecule has 4 heteroatoms. The average molecular weight is 342 g/mol. The Morgan fingerprint density at radius 3 is 2.32 bits per heavy atom. The molecule has 0 saturated heterocycles. The van der Waals surface area contributed by atoms with Crippen LogP contribution in [0.5, 0.6) is 11.5 Å². The number of aliphatic hydroxyl groups is 2. The van der Waals surface area contributed by atoms with Crippen molar-refractivity contribution in [1.29, 1.82) is 0 Å². The molecule has 0 spiro atoms. The molecule has 0 amide bonds. The van der Waals surface area contributed by atoms with Gasteiger partial charge in [0, 0.05) is 21.9 Å². The molecule has 2 aliphatic rings. The van der Waals surface area contributed by atoms with Crippen molar-refractivity contribution in [3.63, 3.8) is 0 Å². The van der Waals surface area contributed by atoms with E-state index in [0.717, 1.165) is 28.7 Å². The summed E-state index contributed by atoms with van der Waals surface area (Å²) in [5.74, 6) is 3.50. The van der Waals surface area contributed by atoms with Crippen LogP contribution in [-0.2, 0) is 0 Å². The molecule has 0 aromatic heterocycles. The zero-order chi connectivity index (χ0) is 17.6. The summed E-state index contributed by atoms with van der Waals surface area (Å²) >= 11 is 0. The van der Waals surface area contributed by atoms with Gasteiger partial charge in [0.15, 0.2) is 0 Å². The Balaban J connectivity index is 1.99. The molecule has 2 N–H and O–H groups in total. The van der Waals surface area contributed by atoms with Crippen molar-refractivity contribution in [3.8, 4) is 11.5 Å². The van der Waals surface area contributed by atoms with E-state index in [0.29, 0.717) is 31.0 Å². The van der Waals surface area contributed by atoms with E-state index >= 15 is 0 Å². The lowest BCUT2D eigenvalue weighted by atomic mass is 9.81. The van der Waals surface area contributed by atoms with Crippen molar-refractivity contribution in [2.75, 3.05) is 26.4 Å². The molecule has 2 aromatic rings.